The highest BCUT2D eigenvalue weighted by Crippen LogP contribution is 2.45. The standard InChI is InChI=1S/C26H30FNO2/c1-29-22-11-12-26(27)25(16-22)20-7-5-18(6-8-20)17-30-23-4-2-3-21(15-23)24(13-14-28)19-9-10-19/h2-4,11-12,15-16,18-20,24H,5-10,13,17H2,1H3. The SMILES string of the molecule is COc1ccc(F)c(C2CCC(COc3cccc(C(CC#N)C4CC4)c3)CC2)c1. The van der Waals surface area contributed by atoms with Gasteiger partial charge in [-0.3, -0.25) is 0 Å². The van der Waals surface area contributed by atoms with E-state index in [1.165, 1.54) is 24.5 Å². The van der Waals surface area contributed by atoms with Crippen molar-refractivity contribution in [2.24, 2.45) is 11.8 Å². The summed E-state index contributed by atoms with van der Waals surface area (Å²) in [4.78, 5) is 0. The Hall–Kier alpha value is -2.54. The van der Waals surface area contributed by atoms with Gasteiger partial charge in [-0.1, -0.05) is 12.1 Å². The van der Waals surface area contributed by atoms with Crippen LogP contribution in [0.5, 0.6) is 11.5 Å². The molecule has 30 heavy (non-hydrogen) atoms. The number of ether oxygens (including phenoxy) is 2. The third-order valence-electron chi connectivity index (χ3n) is 6.76. The summed E-state index contributed by atoms with van der Waals surface area (Å²) in [5.41, 5.74) is 2.01. The topological polar surface area (TPSA) is 42.2 Å². The average molecular weight is 408 g/mol. The van der Waals surface area contributed by atoms with Crippen LogP contribution in [0.4, 0.5) is 4.39 Å². The van der Waals surface area contributed by atoms with Gasteiger partial charge >= 0.3 is 0 Å². The van der Waals surface area contributed by atoms with Gasteiger partial charge in [0.2, 0.25) is 0 Å². The van der Waals surface area contributed by atoms with Crippen LogP contribution in [0.2, 0.25) is 0 Å². The first-order chi connectivity index (χ1) is 14.7. The molecule has 4 rings (SSSR count). The van der Waals surface area contributed by atoms with Crippen molar-refractivity contribution in [3.05, 3.63) is 59.4 Å². The molecule has 0 bridgehead atoms. The molecule has 2 aromatic rings. The average Bonchev–Trinajstić information content (AvgIpc) is 3.62. The maximum atomic E-state index is 14.3. The van der Waals surface area contributed by atoms with E-state index in [0.29, 0.717) is 30.8 Å². The van der Waals surface area contributed by atoms with Gasteiger partial charge in [0.15, 0.2) is 0 Å². The molecule has 0 heterocycles. The first kappa shape index (κ1) is 20.7. The van der Waals surface area contributed by atoms with Crippen LogP contribution in [0.3, 0.4) is 0 Å². The fourth-order valence-electron chi connectivity index (χ4n) is 4.80. The Kier molecular flexibility index (Phi) is 6.57. The van der Waals surface area contributed by atoms with Crippen LogP contribution in [0.15, 0.2) is 42.5 Å². The van der Waals surface area contributed by atoms with Gasteiger partial charge in [0.25, 0.3) is 0 Å². The predicted octanol–water partition coefficient (Wildman–Crippen LogP) is 6.59. The second-order valence-electron chi connectivity index (χ2n) is 8.79. The zero-order valence-corrected chi connectivity index (χ0v) is 17.6. The lowest BCUT2D eigenvalue weighted by Gasteiger charge is -2.29. The highest BCUT2D eigenvalue weighted by molar-refractivity contribution is 5.33. The van der Waals surface area contributed by atoms with Crippen LogP contribution >= 0.6 is 0 Å². The summed E-state index contributed by atoms with van der Waals surface area (Å²) in [7, 11) is 1.62. The van der Waals surface area contributed by atoms with Crippen molar-refractivity contribution in [2.75, 3.05) is 13.7 Å². The Morgan fingerprint density at radius 1 is 1.03 bits per heavy atom. The van der Waals surface area contributed by atoms with E-state index in [-0.39, 0.29) is 11.7 Å². The summed E-state index contributed by atoms with van der Waals surface area (Å²) in [5, 5.41) is 9.16. The number of nitrogens with zero attached hydrogens (tertiary/aromatic N) is 1. The Balaban J connectivity index is 1.31. The number of hydrogen-bond acceptors (Lipinski definition) is 3. The first-order valence-electron chi connectivity index (χ1n) is 11.1. The summed E-state index contributed by atoms with van der Waals surface area (Å²) in [6, 6.07) is 15.7. The van der Waals surface area contributed by atoms with E-state index in [4.69, 9.17) is 14.7 Å². The van der Waals surface area contributed by atoms with E-state index in [9.17, 15) is 4.39 Å². The van der Waals surface area contributed by atoms with Crippen LogP contribution in [0.25, 0.3) is 0 Å². The number of benzene rings is 2. The van der Waals surface area contributed by atoms with Crippen LogP contribution in [0, 0.1) is 29.0 Å². The van der Waals surface area contributed by atoms with Crippen LogP contribution < -0.4 is 9.47 Å². The molecular formula is C26H30FNO2. The van der Waals surface area contributed by atoms with Gasteiger partial charge in [-0.2, -0.15) is 5.26 Å². The Labute approximate surface area is 178 Å². The van der Waals surface area contributed by atoms with E-state index in [2.05, 4.69) is 18.2 Å². The second-order valence-corrected chi connectivity index (χ2v) is 8.79. The second kappa shape index (κ2) is 9.51. The summed E-state index contributed by atoms with van der Waals surface area (Å²) in [6.07, 6.45) is 7.08. The van der Waals surface area contributed by atoms with Crippen molar-refractivity contribution < 1.29 is 13.9 Å². The fraction of sp³-hybridized carbons (Fsp3) is 0.500. The molecule has 1 unspecified atom stereocenters. The largest absolute Gasteiger partial charge is 0.497 e. The fourth-order valence-corrected chi connectivity index (χ4v) is 4.80. The monoisotopic (exact) mass is 407 g/mol. The van der Waals surface area contributed by atoms with Gasteiger partial charge in [0, 0.05) is 6.42 Å². The van der Waals surface area contributed by atoms with E-state index in [1.807, 2.05) is 18.2 Å². The molecular weight excluding hydrogens is 377 g/mol. The lowest BCUT2D eigenvalue weighted by molar-refractivity contribution is 0.199. The van der Waals surface area contributed by atoms with Gasteiger partial charge in [0.1, 0.15) is 17.3 Å². The molecule has 0 aliphatic heterocycles. The molecule has 2 saturated carbocycles. The lowest BCUT2D eigenvalue weighted by Crippen LogP contribution is -2.20. The zero-order valence-electron chi connectivity index (χ0n) is 17.6. The molecule has 0 amide bonds. The van der Waals surface area contributed by atoms with Crippen LogP contribution in [-0.4, -0.2) is 13.7 Å². The van der Waals surface area contributed by atoms with E-state index in [0.717, 1.165) is 42.7 Å². The van der Waals surface area contributed by atoms with Crippen molar-refractivity contribution in [2.45, 2.75) is 56.8 Å². The number of hydrogen-bond donors (Lipinski definition) is 0. The molecule has 158 valence electrons. The zero-order chi connectivity index (χ0) is 20.9. The number of rotatable bonds is 8. The minimum atomic E-state index is -0.130. The van der Waals surface area contributed by atoms with Gasteiger partial charge < -0.3 is 9.47 Å². The Morgan fingerprint density at radius 3 is 2.53 bits per heavy atom. The number of nitriles is 1. The van der Waals surface area contributed by atoms with Gasteiger partial charge in [-0.25, -0.2) is 4.39 Å². The quantitative estimate of drug-likeness (QED) is 0.495. The van der Waals surface area contributed by atoms with Crippen molar-refractivity contribution in [1.82, 2.24) is 0 Å². The van der Waals surface area contributed by atoms with Crippen molar-refractivity contribution in [3.8, 4) is 17.6 Å². The summed E-state index contributed by atoms with van der Waals surface area (Å²) in [6.45, 7) is 0.698. The molecule has 2 aliphatic carbocycles. The normalized spacial score (nSPS) is 22.2. The van der Waals surface area contributed by atoms with E-state index >= 15 is 0 Å². The molecule has 2 aromatic carbocycles. The molecule has 2 aliphatic rings. The maximum absolute atomic E-state index is 14.3. The van der Waals surface area contributed by atoms with Gasteiger partial charge in [-0.05, 0) is 104 Å². The van der Waals surface area contributed by atoms with Crippen LogP contribution in [0.1, 0.15) is 67.9 Å². The summed E-state index contributed by atoms with van der Waals surface area (Å²) < 4.78 is 25.7. The highest BCUT2D eigenvalue weighted by atomic mass is 19.1. The molecule has 0 N–H and O–H groups in total. The Bertz CT molecular complexity index is 894. The van der Waals surface area contributed by atoms with Crippen molar-refractivity contribution in [1.29, 1.82) is 5.26 Å². The van der Waals surface area contributed by atoms with Gasteiger partial charge in [0.05, 0.1) is 19.8 Å². The summed E-state index contributed by atoms with van der Waals surface area (Å²) in [5.74, 6) is 3.24. The first-order valence-corrected chi connectivity index (χ1v) is 11.1. The van der Waals surface area contributed by atoms with Crippen molar-refractivity contribution >= 4 is 0 Å². The number of halogens is 1. The highest BCUT2D eigenvalue weighted by Gasteiger charge is 2.32. The number of methoxy groups -OCH3 is 1. The van der Waals surface area contributed by atoms with Gasteiger partial charge in [-0.15, -0.1) is 0 Å². The molecule has 0 saturated heterocycles. The molecule has 0 radical (unpaired) electrons. The minimum Gasteiger partial charge on any atom is -0.497 e. The molecule has 3 nitrogen and oxygen atoms in total. The molecule has 0 aromatic heterocycles. The van der Waals surface area contributed by atoms with Crippen LogP contribution in [-0.2, 0) is 0 Å². The Morgan fingerprint density at radius 2 is 1.83 bits per heavy atom. The maximum Gasteiger partial charge on any atom is 0.126 e. The third-order valence-corrected chi connectivity index (χ3v) is 6.76. The summed E-state index contributed by atoms with van der Waals surface area (Å²) >= 11 is 0. The molecule has 2 fully saturated rings. The van der Waals surface area contributed by atoms with E-state index in [1.54, 1.807) is 13.2 Å². The minimum absolute atomic E-state index is 0.130. The third kappa shape index (κ3) is 4.95. The smallest absolute Gasteiger partial charge is 0.126 e. The van der Waals surface area contributed by atoms with Crippen molar-refractivity contribution in [3.63, 3.8) is 0 Å². The molecule has 4 heteroatoms. The predicted molar refractivity (Wildman–Crippen MR) is 115 cm³/mol. The molecule has 1 atom stereocenters. The lowest BCUT2D eigenvalue weighted by atomic mass is 9.79. The van der Waals surface area contributed by atoms with E-state index < -0.39 is 0 Å². The molecule has 0 spiro atoms.